The van der Waals surface area contributed by atoms with Crippen LogP contribution in [0.4, 0.5) is 5.82 Å². The van der Waals surface area contributed by atoms with Crippen molar-refractivity contribution in [1.82, 2.24) is 25.2 Å². The van der Waals surface area contributed by atoms with Crippen molar-refractivity contribution in [2.75, 3.05) is 24.5 Å². The molecule has 2 aromatic rings. The van der Waals surface area contributed by atoms with Crippen molar-refractivity contribution in [3.05, 3.63) is 23.5 Å². The number of ketones is 1. The number of carbonyl (C=O) groups is 1. The number of aryl methyl sites for hydroxylation is 1. The van der Waals surface area contributed by atoms with E-state index < -0.39 is 0 Å². The van der Waals surface area contributed by atoms with Crippen molar-refractivity contribution in [3.63, 3.8) is 0 Å². The summed E-state index contributed by atoms with van der Waals surface area (Å²) in [5, 5.41) is 12.3. The minimum absolute atomic E-state index is 0.0372. The topological polar surface area (TPSA) is 101 Å². The van der Waals surface area contributed by atoms with Crippen LogP contribution in [-0.2, 0) is 4.79 Å². The third-order valence-corrected chi connectivity index (χ3v) is 9.05. The summed E-state index contributed by atoms with van der Waals surface area (Å²) in [5.41, 5.74) is 9.16. The van der Waals surface area contributed by atoms with Crippen LogP contribution in [-0.4, -0.2) is 58.3 Å². The second-order valence-electron chi connectivity index (χ2n) is 11.5. The van der Waals surface area contributed by atoms with E-state index in [-0.39, 0.29) is 23.9 Å². The number of hydrogen-bond donors (Lipinski definition) is 3. The highest BCUT2D eigenvalue weighted by atomic mass is 16.1. The summed E-state index contributed by atoms with van der Waals surface area (Å²) in [6, 6.07) is 2.27. The SMILES string of the molecule is Cc1cn2nc([C@@H]3CCCCC3C(=O)C3CNC(C4CCCCC4)N3)cc2nc1N1CC[C@H](N)C1. The van der Waals surface area contributed by atoms with Crippen LogP contribution in [0.25, 0.3) is 5.65 Å². The van der Waals surface area contributed by atoms with Gasteiger partial charge in [0.25, 0.3) is 0 Å². The maximum atomic E-state index is 13.8. The van der Waals surface area contributed by atoms with E-state index in [0.717, 1.165) is 74.5 Å². The van der Waals surface area contributed by atoms with Gasteiger partial charge in [-0.05, 0) is 44.9 Å². The normalized spacial score (nSPS) is 32.5. The quantitative estimate of drug-likeness (QED) is 0.606. The first kappa shape index (κ1) is 23.4. The van der Waals surface area contributed by atoms with Crippen LogP contribution < -0.4 is 21.3 Å². The highest BCUT2D eigenvalue weighted by Gasteiger charge is 2.41. The number of nitrogens with zero attached hydrogens (tertiary/aromatic N) is 4. The fourth-order valence-electron chi connectivity index (χ4n) is 7.12. The number of fused-ring (bicyclic) bond motifs is 1. The van der Waals surface area contributed by atoms with Crippen molar-refractivity contribution in [1.29, 1.82) is 0 Å². The van der Waals surface area contributed by atoms with E-state index in [1.165, 1.54) is 32.1 Å². The van der Waals surface area contributed by atoms with E-state index in [9.17, 15) is 4.79 Å². The maximum Gasteiger partial charge on any atom is 0.157 e. The van der Waals surface area contributed by atoms with Crippen LogP contribution in [0, 0.1) is 18.8 Å². The van der Waals surface area contributed by atoms with Gasteiger partial charge in [-0.15, -0.1) is 0 Å². The molecule has 4 fully saturated rings. The van der Waals surface area contributed by atoms with Gasteiger partial charge in [0.1, 0.15) is 5.82 Å². The Morgan fingerprint density at radius 3 is 2.69 bits per heavy atom. The minimum atomic E-state index is -0.0732. The molecule has 8 nitrogen and oxygen atoms in total. The molecule has 0 radical (unpaired) electrons. The number of aromatic nitrogens is 3. The van der Waals surface area contributed by atoms with Gasteiger partial charge in [-0.3, -0.25) is 15.4 Å². The average molecular weight is 480 g/mol. The van der Waals surface area contributed by atoms with Crippen LogP contribution >= 0.6 is 0 Å². The van der Waals surface area contributed by atoms with Crippen molar-refractivity contribution in [3.8, 4) is 0 Å². The molecule has 0 bridgehead atoms. The Labute approximate surface area is 208 Å². The Morgan fingerprint density at radius 2 is 1.89 bits per heavy atom. The third-order valence-electron chi connectivity index (χ3n) is 9.05. The molecule has 4 N–H and O–H groups in total. The maximum absolute atomic E-state index is 13.8. The summed E-state index contributed by atoms with van der Waals surface area (Å²) < 4.78 is 1.91. The second kappa shape index (κ2) is 9.79. The summed E-state index contributed by atoms with van der Waals surface area (Å²) >= 11 is 0. The van der Waals surface area contributed by atoms with Crippen molar-refractivity contribution < 1.29 is 4.79 Å². The molecule has 2 aliphatic carbocycles. The summed E-state index contributed by atoms with van der Waals surface area (Å²) in [4.78, 5) is 21.0. The van der Waals surface area contributed by atoms with Crippen LogP contribution in [0.3, 0.4) is 0 Å². The van der Waals surface area contributed by atoms with Gasteiger partial charge in [-0.1, -0.05) is 32.1 Å². The Morgan fingerprint density at radius 1 is 1.09 bits per heavy atom. The molecule has 8 heteroatoms. The van der Waals surface area contributed by atoms with Gasteiger partial charge >= 0.3 is 0 Å². The fraction of sp³-hybridized carbons (Fsp3) is 0.741. The van der Waals surface area contributed by atoms with E-state index in [4.69, 9.17) is 15.8 Å². The molecule has 2 aliphatic heterocycles. The summed E-state index contributed by atoms with van der Waals surface area (Å²) in [5.74, 6) is 2.28. The Balaban J connectivity index is 1.20. The second-order valence-corrected chi connectivity index (χ2v) is 11.5. The molecule has 2 saturated heterocycles. The lowest BCUT2D eigenvalue weighted by Crippen LogP contribution is -2.45. The summed E-state index contributed by atoms with van der Waals surface area (Å²) in [7, 11) is 0. The molecule has 3 unspecified atom stereocenters. The zero-order valence-corrected chi connectivity index (χ0v) is 21.1. The minimum Gasteiger partial charge on any atom is -0.355 e. The van der Waals surface area contributed by atoms with Crippen LogP contribution in [0.5, 0.6) is 0 Å². The lowest BCUT2D eigenvalue weighted by molar-refractivity contribution is -0.126. The number of nitrogens with one attached hydrogen (secondary N) is 2. The van der Waals surface area contributed by atoms with Crippen LogP contribution in [0.1, 0.15) is 81.4 Å². The number of carbonyl (C=O) groups excluding carboxylic acids is 1. The van der Waals surface area contributed by atoms with Gasteiger partial charge in [0.2, 0.25) is 0 Å². The first-order chi connectivity index (χ1) is 17.1. The lowest BCUT2D eigenvalue weighted by Gasteiger charge is -2.31. The molecule has 0 amide bonds. The first-order valence-electron chi connectivity index (χ1n) is 14.0. The van der Waals surface area contributed by atoms with Crippen LogP contribution in [0.15, 0.2) is 12.3 Å². The molecule has 0 spiro atoms. The van der Waals surface area contributed by atoms with E-state index in [2.05, 4.69) is 34.7 Å². The van der Waals surface area contributed by atoms with Gasteiger partial charge in [0.15, 0.2) is 11.4 Å². The zero-order valence-electron chi connectivity index (χ0n) is 21.1. The number of Topliss-reactive ketones (excluding diaryl/α,β-unsaturated/α-hetero) is 1. The summed E-state index contributed by atoms with van der Waals surface area (Å²) in [6.45, 7) is 4.67. The monoisotopic (exact) mass is 479 g/mol. The predicted octanol–water partition coefficient (Wildman–Crippen LogP) is 2.89. The molecular weight excluding hydrogens is 438 g/mol. The molecular formula is C27H41N7O. The summed E-state index contributed by atoms with van der Waals surface area (Å²) in [6.07, 6.45) is 14.2. The molecule has 4 aliphatic rings. The highest BCUT2D eigenvalue weighted by molar-refractivity contribution is 5.88. The Kier molecular flexibility index (Phi) is 6.54. The predicted molar refractivity (Wildman–Crippen MR) is 138 cm³/mol. The average Bonchev–Trinajstić information content (AvgIpc) is 3.63. The molecule has 6 rings (SSSR count). The number of nitrogens with two attached hydrogens (primary N) is 1. The third kappa shape index (κ3) is 4.60. The molecule has 35 heavy (non-hydrogen) atoms. The standard InChI is InChI=1S/C27H41N7O/c1-17-15-34-24(31-27(17)33-12-11-19(28)16-33)13-22(32-34)20-9-5-6-10-21(20)25(35)23-14-29-26(30-23)18-7-3-2-4-8-18/h13,15,18-21,23,26,29-30H,2-12,14,16,28H2,1H3/t19-,20+,21?,23?,26?/m0/s1. The number of rotatable bonds is 5. The van der Waals surface area contributed by atoms with E-state index >= 15 is 0 Å². The highest BCUT2D eigenvalue weighted by Crippen LogP contribution is 2.39. The Hall–Kier alpha value is -2.03. The van der Waals surface area contributed by atoms with Gasteiger partial charge in [-0.2, -0.15) is 5.10 Å². The van der Waals surface area contributed by atoms with Gasteiger partial charge < -0.3 is 10.6 Å². The fourth-order valence-corrected chi connectivity index (χ4v) is 7.12. The van der Waals surface area contributed by atoms with Crippen molar-refractivity contribution in [2.45, 2.75) is 95.3 Å². The zero-order chi connectivity index (χ0) is 23.9. The van der Waals surface area contributed by atoms with Crippen LogP contribution in [0.2, 0.25) is 0 Å². The van der Waals surface area contributed by atoms with Crippen molar-refractivity contribution >= 4 is 17.2 Å². The van der Waals surface area contributed by atoms with Crippen molar-refractivity contribution in [2.24, 2.45) is 17.6 Å². The molecule has 0 aromatic carbocycles. The van der Waals surface area contributed by atoms with E-state index in [1.54, 1.807) is 0 Å². The lowest BCUT2D eigenvalue weighted by atomic mass is 9.74. The van der Waals surface area contributed by atoms with Gasteiger partial charge in [-0.25, -0.2) is 9.50 Å². The smallest absolute Gasteiger partial charge is 0.157 e. The molecule has 4 heterocycles. The van der Waals surface area contributed by atoms with E-state index in [0.29, 0.717) is 17.9 Å². The Bertz CT molecular complexity index is 1060. The molecule has 2 aromatic heterocycles. The number of hydrogen-bond acceptors (Lipinski definition) is 7. The molecule has 190 valence electrons. The first-order valence-corrected chi connectivity index (χ1v) is 14.0. The molecule has 5 atom stereocenters. The largest absolute Gasteiger partial charge is 0.355 e. The van der Waals surface area contributed by atoms with Gasteiger partial charge in [0, 0.05) is 55.3 Å². The van der Waals surface area contributed by atoms with Gasteiger partial charge in [0.05, 0.1) is 17.9 Å². The molecule has 2 saturated carbocycles. The number of anilines is 1. The van der Waals surface area contributed by atoms with E-state index in [1.807, 2.05) is 4.52 Å².